The summed E-state index contributed by atoms with van der Waals surface area (Å²) in [6.45, 7) is 5.15. The number of aryl methyl sites for hydroxylation is 1. The number of aromatic nitrogens is 2. The van der Waals surface area contributed by atoms with Crippen LogP contribution in [-0.2, 0) is 4.74 Å². The van der Waals surface area contributed by atoms with E-state index in [0.717, 1.165) is 12.1 Å². The van der Waals surface area contributed by atoms with Gasteiger partial charge in [-0.3, -0.25) is 9.78 Å². The van der Waals surface area contributed by atoms with Crippen LogP contribution in [0.25, 0.3) is 0 Å². The summed E-state index contributed by atoms with van der Waals surface area (Å²) in [7, 11) is 0. The van der Waals surface area contributed by atoms with Crippen molar-refractivity contribution in [2.24, 2.45) is 5.92 Å². The third-order valence-corrected chi connectivity index (χ3v) is 3.77. The highest BCUT2D eigenvalue weighted by molar-refractivity contribution is 5.91. The first-order chi connectivity index (χ1) is 9.66. The van der Waals surface area contributed by atoms with Gasteiger partial charge < -0.3 is 10.1 Å². The molecule has 2 rings (SSSR count). The van der Waals surface area contributed by atoms with E-state index in [-0.39, 0.29) is 5.91 Å². The van der Waals surface area contributed by atoms with Crippen LogP contribution in [0.5, 0.6) is 0 Å². The zero-order valence-corrected chi connectivity index (χ0v) is 12.3. The van der Waals surface area contributed by atoms with Crippen molar-refractivity contribution in [2.75, 3.05) is 13.2 Å². The maximum Gasteiger partial charge on any atom is 0.271 e. The fourth-order valence-electron chi connectivity index (χ4n) is 2.51. The van der Waals surface area contributed by atoms with E-state index in [0.29, 0.717) is 30.9 Å². The molecule has 1 aliphatic carbocycles. The molecule has 20 heavy (non-hydrogen) atoms. The van der Waals surface area contributed by atoms with E-state index in [2.05, 4.69) is 22.2 Å². The largest absolute Gasteiger partial charge is 0.376 e. The lowest BCUT2D eigenvalue weighted by molar-refractivity contribution is -0.00295. The quantitative estimate of drug-likeness (QED) is 0.837. The van der Waals surface area contributed by atoms with Gasteiger partial charge in [0.2, 0.25) is 0 Å². The molecular formula is C15H23N3O2. The predicted molar refractivity (Wildman–Crippen MR) is 76.5 cm³/mol. The highest BCUT2D eigenvalue weighted by Crippen LogP contribution is 2.25. The lowest BCUT2D eigenvalue weighted by Crippen LogP contribution is -2.32. The maximum absolute atomic E-state index is 11.8. The second-order valence-corrected chi connectivity index (χ2v) is 5.47. The predicted octanol–water partition coefficient (Wildman–Crippen LogP) is 2.11. The number of hydrogen-bond acceptors (Lipinski definition) is 4. The fourth-order valence-corrected chi connectivity index (χ4v) is 2.51. The highest BCUT2D eigenvalue weighted by atomic mass is 16.5. The van der Waals surface area contributed by atoms with Crippen molar-refractivity contribution in [3.63, 3.8) is 0 Å². The van der Waals surface area contributed by atoms with Crippen LogP contribution in [-0.4, -0.2) is 35.1 Å². The van der Waals surface area contributed by atoms with Crippen molar-refractivity contribution in [2.45, 2.75) is 45.6 Å². The molecule has 2 atom stereocenters. The van der Waals surface area contributed by atoms with Crippen molar-refractivity contribution in [1.82, 2.24) is 15.3 Å². The van der Waals surface area contributed by atoms with Gasteiger partial charge in [0.05, 0.1) is 24.6 Å². The number of nitrogens with one attached hydrogen (secondary N) is 1. The minimum absolute atomic E-state index is 0.196. The van der Waals surface area contributed by atoms with Crippen molar-refractivity contribution >= 4 is 5.91 Å². The van der Waals surface area contributed by atoms with Crippen LogP contribution in [0.2, 0.25) is 0 Å². The minimum Gasteiger partial charge on any atom is -0.376 e. The van der Waals surface area contributed by atoms with E-state index >= 15 is 0 Å². The molecule has 1 fully saturated rings. The second kappa shape index (κ2) is 7.33. The summed E-state index contributed by atoms with van der Waals surface area (Å²) in [5.41, 5.74) is 1.15. The molecule has 1 heterocycles. The van der Waals surface area contributed by atoms with E-state index < -0.39 is 0 Å². The lowest BCUT2D eigenvalue weighted by atomic mass is 9.88. The molecule has 110 valence electrons. The van der Waals surface area contributed by atoms with Gasteiger partial charge in [-0.15, -0.1) is 0 Å². The molecule has 5 nitrogen and oxygen atoms in total. The summed E-state index contributed by atoms with van der Waals surface area (Å²) in [4.78, 5) is 19.9. The zero-order chi connectivity index (χ0) is 14.4. The number of ether oxygens (including phenoxy) is 1. The number of carbonyl (C=O) groups is 1. The van der Waals surface area contributed by atoms with Crippen molar-refractivity contribution in [3.05, 3.63) is 23.8 Å². The Bertz CT molecular complexity index is 433. The molecule has 0 aliphatic heterocycles. The molecule has 0 radical (unpaired) electrons. The van der Waals surface area contributed by atoms with Gasteiger partial charge in [0, 0.05) is 12.7 Å². The number of nitrogens with zero attached hydrogens (tertiary/aromatic N) is 2. The molecule has 0 spiro atoms. The molecule has 0 bridgehead atoms. The van der Waals surface area contributed by atoms with Gasteiger partial charge in [0.15, 0.2) is 0 Å². The third kappa shape index (κ3) is 4.27. The average molecular weight is 277 g/mol. The zero-order valence-electron chi connectivity index (χ0n) is 12.3. The number of amides is 1. The van der Waals surface area contributed by atoms with Gasteiger partial charge in [-0.05, 0) is 25.7 Å². The van der Waals surface area contributed by atoms with Gasteiger partial charge in [-0.25, -0.2) is 4.98 Å². The monoisotopic (exact) mass is 277 g/mol. The summed E-state index contributed by atoms with van der Waals surface area (Å²) < 4.78 is 5.85. The molecule has 1 aromatic rings. The molecule has 0 unspecified atom stereocenters. The van der Waals surface area contributed by atoms with Gasteiger partial charge in [0.25, 0.3) is 5.91 Å². The van der Waals surface area contributed by atoms with Crippen LogP contribution in [0.1, 0.15) is 48.8 Å². The normalized spacial score (nSPS) is 22.5. The fraction of sp³-hybridized carbons (Fsp3) is 0.667. The Morgan fingerprint density at radius 2 is 2.15 bits per heavy atom. The first-order valence-corrected chi connectivity index (χ1v) is 7.35. The summed E-state index contributed by atoms with van der Waals surface area (Å²) in [5.74, 6) is 0.431. The Labute approximate surface area is 120 Å². The van der Waals surface area contributed by atoms with Crippen LogP contribution in [0.4, 0.5) is 0 Å². The van der Waals surface area contributed by atoms with E-state index in [4.69, 9.17) is 4.74 Å². The van der Waals surface area contributed by atoms with E-state index in [1.165, 1.54) is 25.5 Å². The Hall–Kier alpha value is -1.49. The Kier molecular flexibility index (Phi) is 5.47. The second-order valence-electron chi connectivity index (χ2n) is 5.47. The van der Waals surface area contributed by atoms with E-state index in [9.17, 15) is 4.79 Å². The molecule has 1 amide bonds. The molecule has 1 aliphatic rings. The highest BCUT2D eigenvalue weighted by Gasteiger charge is 2.21. The lowest BCUT2D eigenvalue weighted by Gasteiger charge is -2.28. The summed E-state index contributed by atoms with van der Waals surface area (Å²) in [6, 6.07) is 0. The summed E-state index contributed by atoms with van der Waals surface area (Å²) in [6.07, 6.45) is 8.38. The third-order valence-electron chi connectivity index (χ3n) is 3.77. The van der Waals surface area contributed by atoms with Crippen molar-refractivity contribution in [3.8, 4) is 0 Å². The molecule has 0 saturated heterocycles. The molecule has 1 N–H and O–H groups in total. The van der Waals surface area contributed by atoms with Crippen molar-refractivity contribution in [1.29, 1.82) is 0 Å². The Morgan fingerprint density at radius 3 is 2.85 bits per heavy atom. The van der Waals surface area contributed by atoms with Crippen molar-refractivity contribution < 1.29 is 9.53 Å². The van der Waals surface area contributed by atoms with Gasteiger partial charge in [-0.2, -0.15) is 0 Å². The van der Waals surface area contributed by atoms with Crippen LogP contribution >= 0.6 is 0 Å². The average Bonchev–Trinajstić information content (AvgIpc) is 2.46. The summed E-state index contributed by atoms with van der Waals surface area (Å²) in [5, 5.41) is 2.81. The molecule has 1 aromatic heterocycles. The molecule has 1 saturated carbocycles. The number of carbonyl (C=O) groups excluding carboxylic acids is 1. The molecule has 0 aromatic carbocycles. The minimum atomic E-state index is -0.196. The SMILES string of the molecule is Cc1cnc(C(=O)NCCO[C@H]2CCCC[C@@H]2C)cn1. The summed E-state index contributed by atoms with van der Waals surface area (Å²) >= 11 is 0. The van der Waals surface area contributed by atoms with E-state index in [1.54, 1.807) is 6.20 Å². The van der Waals surface area contributed by atoms with Gasteiger partial charge in [0.1, 0.15) is 5.69 Å². The molecule has 5 heteroatoms. The van der Waals surface area contributed by atoms with Crippen LogP contribution in [0.3, 0.4) is 0 Å². The number of rotatable bonds is 5. The van der Waals surface area contributed by atoms with Gasteiger partial charge in [-0.1, -0.05) is 19.8 Å². The first kappa shape index (κ1) is 14.9. The Morgan fingerprint density at radius 1 is 1.35 bits per heavy atom. The number of hydrogen-bond donors (Lipinski definition) is 1. The topological polar surface area (TPSA) is 64.1 Å². The smallest absolute Gasteiger partial charge is 0.271 e. The molecular weight excluding hydrogens is 254 g/mol. The van der Waals surface area contributed by atoms with Gasteiger partial charge >= 0.3 is 0 Å². The van der Waals surface area contributed by atoms with Crippen LogP contribution < -0.4 is 5.32 Å². The standard InChI is InChI=1S/C15H23N3O2/c1-11-5-3-4-6-14(11)20-8-7-16-15(19)13-10-17-12(2)9-18-13/h9-11,14H,3-8H2,1-2H3,(H,16,19)/t11-,14-/m0/s1. The van der Waals surface area contributed by atoms with Crippen LogP contribution in [0.15, 0.2) is 12.4 Å². The Balaban J connectivity index is 1.67. The van der Waals surface area contributed by atoms with Crippen LogP contribution in [0, 0.1) is 12.8 Å². The maximum atomic E-state index is 11.8. The van der Waals surface area contributed by atoms with E-state index in [1.807, 2.05) is 6.92 Å². The first-order valence-electron chi connectivity index (χ1n) is 7.35.